The first kappa shape index (κ1) is 12.7. The monoisotopic (exact) mass is 271 g/mol. The number of halogens is 2. The third kappa shape index (κ3) is 3.36. The lowest BCUT2D eigenvalue weighted by Crippen LogP contribution is -2.35. The van der Waals surface area contributed by atoms with E-state index in [2.05, 4.69) is 0 Å². The Morgan fingerprint density at radius 1 is 1.35 bits per heavy atom. The number of hydrogen-bond donors (Lipinski definition) is 0. The number of benzene rings is 1. The van der Waals surface area contributed by atoms with Crippen molar-refractivity contribution in [2.24, 2.45) is 0 Å². The van der Waals surface area contributed by atoms with Gasteiger partial charge in [-0.05, 0) is 24.5 Å². The SMILES string of the molecule is O=C(Cc1ccccc1Cl)N(CCCl)C1CC1. The van der Waals surface area contributed by atoms with E-state index in [-0.39, 0.29) is 5.91 Å². The topological polar surface area (TPSA) is 20.3 Å². The summed E-state index contributed by atoms with van der Waals surface area (Å²) >= 11 is 11.8. The second-order valence-electron chi connectivity index (χ2n) is 4.28. The molecule has 0 heterocycles. The van der Waals surface area contributed by atoms with E-state index in [9.17, 15) is 4.79 Å². The minimum Gasteiger partial charge on any atom is -0.338 e. The van der Waals surface area contributed by atoms with Crippen molar-refractivity contribution in [2.75, 3.05) is 12.4 Å². The Labute approximate surface area is 112 Å². The molecule has 0 spiro atoms. The summed E-state index contributed by atoms with van der Waals surface area (Å²) in [7, 11) is 0. The molecule has 0 N–H and O–H groups in total. The van der Waals surface area contributed by atoms with Gasteiger partial charge in [0.1, 0.15) is 0 Å². The highest BCUT2D eigenvalue weighted by molar-refractivity contribution is 6.31. The van der Waals surface area contributed by atoms with Crippen molar-refractivity contribution in [3.05, 3.63) is 34.9 Å². The lowest BCUT2D eigenvalue weighted by atomic mass is 10.1. The van der Waals surface area contributed by atoms with Gasteiger partial charge in [0.15, 0.2) is 0 Å². The summed E-state index contributed by atoms with van der Waals surface area (Å²) in [5.74, 6) is 0.617. The molecule has 0 saturated heterocycles. The van der Waals surface area contributed by atoms with Gasteiger partial charge in [0, 0.05) is 23.5 Å². The molecule has 1 fully saturated rings. The molecule has 4 heteroatoms. The number of carbonyl (C=O) groups is 1. The minimum absolute atomic E-state index is 0.126. The minimum atomic E-state index is 0.126. The number of rotatable bonds is 5. The van der Waals surface area contributed by atoms with Crippen molar-refractivity contribution in [2.45, 2.75) is 25.3 Å². The van der Waals surface area contributed by atoms with Gasteiger partial charge in [-0.25, -0.2) is 0 Å². The van der Waals surface area contributed by atoms with Gasteiger partial charge in [-0.2, -0.15) is 0 Å². The van der Waals surface area contributed by atoms with Crippen LogP contribution in [0.4, 0.5) is 0 Å². The Balaban J connectivity index is 2.02. The third-order valence-corrected chi connectivity index (χ3v) is 3.47. The number of nitrogens with zero attached hydrogens (tertiary/aromatic N) is 1. The Kier molecular flexibility index (Phi) is 4.30. The highest BCUT2D eigenvalue weighted by Crippen LogP contribution is 2.28. The van der Waals surface area contributed by atoms with Crippen LogP contribution < -0.4 is 0 Å². The molecular weight excluding hydrogens is 257 g/mol. The Morgan fingerprint density at radius 2 is 2.06 bits per heavy atom. The average molecular weight is 272 g/mol. The normalized spacial score (nSPS) is 14.7. The predicted octanol–water partition coefficient (Wildman–Crippen LogP) is 3.11. The number of hydrogen-bond acceptors (Lipinski definition) is 1. The van der Waals surface area contributed by atoms with Gasteiger partial charge in [0.05, 0.1) is 6.42 Å². The molecule has 0 aliphatic heterocycles. The molecule has 1 amide bonds. The van der Waals surface area contributed by atoms with Gasteiger partial charge in [-0.3, -0.25) is 4.79 Å². The fourth-order valence-corrected chi connectivity index (χ4v) is 2.28. The Morgan fingerprint density at radius 3 is 2.65 bits per heavy atom. The summed E-state index contributed by atoms with van der Waals surface area (Å²) in [6.07, 6.45) is 2.57. The molecule has 0 bridgehead atoms. The first-order valence-electron chi connectivity index (χ1n) is 5.81. The standard InChI is InChI=1S/C13H15Cl2NO/c14-7-8-16(11-5-6-11)13(17)9-10-3-1-2-4-12(10)15/h1-4,11H,5-9H2. The van der Waals surface area contributed by atoms with E-state index in [0.29, 0.717) is 29.9 Å². The smallest absolute Gasteiger partial charge is 0.227 e. The maximum absolute atomic E-state index is 12.1. The van der Waals surface area contributed by atoms with E-state index in [0.717, 1.165) is 18.4 Å². The molecule has 0 unspecified atom stereocenters. The van der Waals surface area contributed by atoms with Crippen LogP contribution in [0.2, 0.25) is 5.02 Å². The van der Waals surface area contributed by atoms with Gasteiger partial charge >= 0.3 is 0 Å². The molecule has 0 atom stereocenters. The van der Waals surface area contributed by atoms with Crippen LogP contribution in [0.3, 0.4) is 0 Å². The number of alkyl halides is 1. The summed E-state index contributed by atoms with van der Waals surface area (Å²) in [6, 6.07) is 7.88. The summed E-state index contributed by atoms with van der Waals surface area (Å²) in [5.41, 5.74) is 0.888. The van der Waals surface area contributed by atoms with Crippen LogP contribution in [0, 0.1) is 0 Å². The fraction of sp³-hybridized carbons (Fsp3) is 0.462. The molecule has 17 heavy (non-hydrogen) atoms. The zero-order valence-corrected chi connectivity index (χ0v) is 11.0. The average Bonchev–Trinajstić information content (AvgIpc) is 3.13. The van der Waals surface area contributed by atoms with Crippen LogP contribution in [-0.2, 0) is 11.2 Å². The molecule has 0 radical (unpaired) electrons. The van der Waals surface area contributed by atoms with Crippen LogP contribution in [0.1, 0.15) is 18.4 Å². The number of amides is 1. The first-order valence-corrected chi connectivity index (χ1v) is 6.72. The van der Waals surface area contributed by atoms with Crippen molar-refractivity contribution < 1.29 is 4.79 Å². The molecule has 0 aromatic heterocycles. The van der Waals surface area contributed by atoms with Crippen LogP contribution in [0.15, 0.2) is 24.3 Å². The molecular formula is C13H15Cl2NO. The van der Waals surface area contributed by atoms with E-state index < -0.39 is 0 Å². The van der Waals surface area contributed by atoms with Gasteiger partial charge in [0.2, 0.25) is 5.91 Å². The summed E-state index contributed by atoms with van der Waals surface area (Å²) < 4.78 is 0. The zero-order valence-electron chi connectivity index (χ0n) is 9.53. The van der Waals surface area contributed by atoms with Crippen molar-refractivity contribution in [1.82, 2.24) is 4.90 Å². The quantitative estimate of drug-likeness (QED) is 0.754. The summed E-state index contributed by atoms with van der Waals surface area (Å²) in [6.45, 7) is 0.634. The summed E-state index contributed by atoms with van der Waals surface area (Å²) in [4.78, 5) is 14.0. The van der Waals surface area contributed by atoms with Gasteiger partial charge in [-0.1, -0.05) is 29.8 Å². The highest BCUT2D eigenvalue weighted by Gasteiger charge is 2.31. The van der Waals surface area contributed by atoms with E-state index in [1.54, 1.807) is 0 Å². The van der Waals surface area contributed by atoms with Crippen LogP contribution in [-0.4, -0.2) is 29.3 Å². The maximum atomic E-state index is 12.1. The molecule has 1 aliphatic rings. The van der Waals surface area contributed by atoms with Crippen molar-refractivity contribution in [3.63, 3.8) is 0 Å². The molecule has 1 aliphatic carbocycles. The van der Waals surface area contributed by atoms with Crippen LogP contribution in [0.25, 0.3) is 0 Å². The van der Waals surface area contributed by atoms with Crippen LogP contribution in [0.5, 0.6) is 0 Å². The van der Waals surface area contributed by atoms with Gasteiger partial charge in [-0.15, -0.1) is 11.6 Å². The number of carbonyl (C=O) groups excluding carboxylic acids is 1. The molecule has 92 valence electrons. The largest absolute Gasteiger partial charge is 0.338 e. The third-order valence-electron chi connectivity index (χ3n) is 2.93. The van der Waals surface area contributed by atoms with E-state index in [1.807, 2.05) is 29.2 Å². The fourth-order valence-electron chi connectivity index (χ4n) is 1.89. The van der Waals surface area contributed by atoms with Crippen molar-refractivity contribution >= 4 is 29.1 Å². The Bertz CT molecular complexity index is 404. The van der Waals surface area contributed by atoms with E-state index in [4.69, 9.17) is 23.2 Å². The van der Waals surface area contributed by atoms with Gasteiger partial charge in [0.25, 0.3) is 0 Å². The van der Waals surface area contributed by atoms with E-state index in [1.165, 1.54) is 0 Å². The first-order chi connectivity index (χ1) is 8.22. The highest BCUT2D eigenvalue weighted by atomic mass is 35.5. The maximum Gasteiger partial charge on any atom is 0.227 e. The zero-order chi connectivity index (χ0) is 12.3. The summed E-state index contributed by atoms with van der Waals surface area (Å²) in [5, 5.41) is 0.655. The van der Waals surface area contributed by atoms with Gasteiger partial charge < -0.3 is 4.90 Å². The van der Waals surface area contributed by atoms with E-state index >= 15 is 0 Å². The van der Waals surface area contributed by atoms with Crippen molar-refractivity contribution in [3.8, 4) is 0 Å². The molecule has 1 aromatic rings. The predicted molar refractivity (Wildman–Crippen MR) is 70.6 cm³/mol. The second kappa shape index (κ2) is 5.74. The van der Waals surface area contributed by atoms with Crippen LogP contribution >= 0.6 is 23.2 Å². The molecule has 1 aromatic carbocycles. The Hall–Kier alpha value is -0.730. The molecule has 2 nitrogen and oxygen atoms in total. The lowest BCUT2D eigenvalue weighted by molar-refractivity contribution is -0.130. The molecule has 1 saturated carbocycles. The second-order valence-corrected chi connectivity index (χ2v) is 5.06. The lowest BCUT2D eigenvalue weighted by Gasteiger charge is -2.21. The van der Waals surface area contributed by atoms with Crippen molar-refractivity contribution in [1.29, 1.82) is 0 Å². The molecule has 2 rings (SSSR count).